The minimum Gasteiger partial charge on any atom is -0.383 e. The van der Waals surface area contributed by atoms with Gasteiger partial charge < -0.3 is 10.7 Å². The smallest absolute Gasteiger partial charge is 0.144 e. The van der Waals surface area contributed by atoms with Crippen LogP contribution in [-0.2, 0) is 12.8 Å². The van der Waals surface area contributed by atoms with Crippen molar-refractivity contribution in [2.45, 2.75) is 19.1 Å². The molecule has 0 aliphatic rings. The number of fused-ring (bicyclic) bond motifs is 1. The number of nitrogens with two attached hydrogens (primary N) is 1. The Bertz CT molecular complexity index is 726. The van der Waals surface area contributed by atoms with Crippen molar-refractivity contribution < 1.29 is 0 Å². The van der Waals surface area contributed by atoms with Gasteiger partial charge in [-0.3, -0.25) is 4.68 Å². The van der Waals surface area contributed by atoms with E-state index in [1.165, 1.54) is 0 Å². The Morgan fingerprint density at radius 2 is 2.14 bits per heavy atom. The number of aromatic amines is 1. The second-order valence-corrected chi connectivity index (χ2v) is 6.09. The highest BCUT2D eigenvalue weighted by atomic mass is 32.2. The first-order chi connectivity index (χ1) is 10.2. The quantitative estimate of drug-likeness (QED) is 0.710. The van der Waals surface area contributed by atoms with Gasteiger partial charge in [0, 0.05) is 12.8 Å². The van der Waals surface area contributed by atoms with E-state index < -0.39 is 0 Å². The number of nitrogens with zero attached hydrogens (tertiary/aromatic N) is 3. The van der Waals surface area contributed by atoms with Crippen LogP contribution in [0, 0.1) is 0 Å². The topological polar surface area (TPSA) is 72.5 Å². The van der Waals surface area contributed by atoms with Crippen molar-refractivity contribution in [2.75, 3.05) is 11.5 Å². The molecule has 6 heteroatoms. The summed E-state index contributed by atoms with van der Waals surface area (Å²) in [5.74, 6) is 3.43. The molecule has 0 aliphatic heterocycles. The molecule has 5 nitrogen and oxygen atoms in total. The van der Waals surface area contributed by atoms with Crippen LogP contribution in [0.2, 0.25) is 0 Å². The third kappa shape index (κ3) is 2.63. The lowest BCUT2D eigenvalue weighted by molar-refractivity contribution is 0.765. The summed E-state index contributed by atoms with van der Waals surface area (Å²) in [6.45, 7) is 2.18. The largest absolute Gasteiger partial charge is 0.383 e. The summed E-state index contributed by atoms with van der Waals surface area (Å²) in [5, 5.41) is 4.54. The van der Waals surface area contributed by atoms with E-state index in [9.17, 15) is 0 Å². The minimum absolute atomic E-state index is 0.654. The normalized spacial score (nSPS) is 11.3. The Balaban J connectivity index is 2.03. The summed E-state index contributed by atoms with van der Waals surface area (Å²) >= 11 is 1.87. The Morgan fingerprint density at radius 3 is 2.90 bits per heavy atom. The molecule has 3 rings (SSSR count). The number of para-hydroxylation sites is 2. The molecular formula is C15H19N5S. The summed E-state index contributed by atoms with van der Waals surface area (Å²) in [6, 6.07) is 7.99. The molecular weight excluding hydrogens is 282 g/mol. The third-order valence-corrected chi connectivity index (χ3v) is 4.55. The average molecular weight is 301 g/mol. The Labute approximate surface area is 127 Å². The van der Waals surface area contributed by atoms with E-state index in [-0.39, 0.29) is 0 Å². The Kier molecular flexibility index (Phi) is 3.88. The van der Waals surface area contributed by atoms with E-state index in [1.54, 1.807) is 4.68 Å². The fourth-order valence-electron chi connectivity index (χ4n) is 2.34. The predicted octanol–water partition coefficient (Wildman–Crippen LogP) is 3.19. The van der Waals surface area contributed by atoms with Crippen molar-refractivity contribution in [1.82, 2.24) is 19.7 Å². The van der Waals surface area contributed by atoms with Crippen molar-refractivity contribution in [2.24, 2.45) is 7.05 Å². The second-order valence-electron chi connectivity index (χ2n) is 4.99. The van der Waals surface area contributed by atoms with E-state index in [0.29, 0.717) is 5.82 Å². The van der Waals surface area contributed by atoms with E-state index >= 15 is 0 Å². The number of imidazole rings is 1. The van der Waals surface area contributed by atoms with Gasteiger partial charge in [0.1, 0.15) is 11.6 Å². The van der Waals surface area contributed by atoms with E-state index in [4.69, 9.17) is 5.73 Å². The van der Waals surface area contributed by atoms with Crippen LogP contribution in [0.15, 0.2) is 24.3 Å². The number of aryl methyl sites for hydroxylation is 1. The molecule has 0 amide bonds. The number of hydrogen-bond acceptors (Lipinski definition) is 4. The van der Waals surface area contributed by atoms with Gasteiger partial charge in [0.05, 0.1) is 22.3 Å². The van der Waals surface area contributed by atoms with E-state index in [2.05, 4.69) is 22.0 Å². The molecule has 0 saturated heterocycles. The maximum Gasteiger partial charge on any atom is 0.144 e. The standard InChI is InChI=1S/C15H19N5S/c1-3-8-21-9-12-13(14(16)20(2)19-12)15-17-10-6-4-5-7-11(10)18-15/h4-7H,3,8-9,16H2,1-2H3,(H,17,18). The zero-order valence-electron chi connectivity index (χ0n) is 12.3. The molecule has 110 valence electrons. The molecule has 0 fully saturated rings. The van der Waals surface area contributed by atoms with Gasteiger partial charge >= 0.3 is 0 Å². The van der Waals surface area contributed by atoms with Gasteiger partial charge in [0.2, 0.25) is 0 Å². The van der Waals surface area contributed by atoms with Crippen molar-refractivity contribution >= 4 is 28.6 Å². The van der Waals surface area contributed by atoms with Crippen molar-refractivity contribution in [1.29, 1.82) is 0 Å². The zero-order valence-corrected chi connectivity index (χ0v) is 13.1. The van der Waals surface area contributed by atoms with Crippen LogP contribution in [0.25, 0.3) is 22.4 Å². The molecule has 0 unspecified atom stereocenters. The molecule has 0 spiro atoms. The van der Waals surface area contributed by atoms with E-state index in [0.717, 1.165) is 46.0 Å². The van der Waals surface area contributed by atoms with Gasteiger partial charge in [-0.2, -0.15) is 16.9 Å². The van der Waals surface area contributed by atoms with Gasteiger partial charge in [-0.05, 0) is 24.3 Å². The summed E-state index contributed by atoms with van der Waals surface area (Å²) in [7, 11) is 1.87. The number of hydrogen-bond donors (Lipinski definition) is 2. The molecule has 0 saturated carbocycles. The van der Waals surface area contributed by atoms with E-state index in [1.807, 2.05) is 43.1 Å². The maximum absolute atomic E-state index is 6.19. The molecule has 3 N–H and O–H groups in total. The van der Waals surface area contributed by atoms with Crippen LogP contribution < -0.4 is 5.73 Å². The molecule has 0 atom stereocenters. The molecule has 0 aliphatic carbocycles. The number of nitrogens with one attached hydrogen (secondary N) is 1. The predicted molar refractivity (Wildman–Crippen MR) is 89.2 cm³/mol. The van der Waals surface area contributed by atoms with Crippen molar-refractivity contribution in [3.8, 4) is 11.4 Å². The molecule has 2 aromatic heterocycles. The van der Waals surface area contributed by atoms with Crippen molar-refractivity contribution in [3.05, 3.63) is 30.0 Å². The monoisotopic (exact) mass is 301 g/mol. The van der Waals surface area contributed by atoms with Gasteiger partial charge in [-0.25, -0.2) is 4.98 Å². The van der Waals surface area contributed by atoms with Gasteiger partial charge in [0.15, 0.2) is 0 Å². The number of anilines is 1. The fraction of sp³-hybridized carbons (Fsp3) is 0.333. The first kappa shape index (κ1) is 14.0. The summed E-state index contributed by atoms with van der Waals surface area (Å²) in [6.07, 6.45) is 1.16. The highest BCUT2D eigenvalue weighted by Crippen LogP contribution is 2.31. The number of thioether (sulfide) groups is 1. The second kappa shape index (κ2) is 5.81. The molecule has 3 aromatic rings. The summed E-state index contributed by atoms with van der Waals surface area (Å²) in [4.78, 5) is 7.99. The SMILES string of the molecule is CCCSCc1nn(C)c(N)c1-c1nc2ccccc2[nH]1. The highest BCUT2D eigenvalue weighted by molar-refractivity contribution is 7.98. The Morgan fingerprint density at radius 1 is 1.33 bits per heavy atom. The summed E-state index contributed by atoms with van der Waals surface area (Å²) in [5.41, 5.74) is 10.1. The molecule has 1 aromatic carbocycles. The van der Waals surface area contributed by atoms with Crippen LogP contribution in [0.3, 0.4) is 0 Å². The Hall–Kier alpha value is -1.95. The average Bonchev–Trinajstić information content (AvgIpc) is 3.01. The van der Waals surface area contributed by atoms with Crippen LogP contribution in [-0.4, -0.2) is 25.5 Å². The number of nitrogen functional groups attached to an aromatic ring is 1. The molecule has 2 heterocycles. The fourth-order valence-corrected chi connectivity index (χ4v) is 3.17. The molecule has 0 bridgehead atoms. The number of aromatic nitrogens is 4. The highest BCUT2D eigenvalue weighted by Gasteiger charge is 2.18. The molecule has 21 heavy (non-hydrogen) atoms. The lowest BCUT2D eigenvalue weighted by atomic mass is 10.2. The molecule has 0 radical (unpaired) electrons. The maximum atomic E-state index is 6.19. The number of H-pyrrole nitrogens is 1. The lowest BCUT2D eigenvalue weighted by Gasteiger charge is -2.00. The van der Waals surface area contributed by atoms with Crippen LogP contribution in [0.4, 0.5) is 5.82 Å². The third-order valence-electron chi connectivity index (χ3n) is 3.38. The van der Waals surface area contributed by atoms with Crippen molar-refractivity contribution in [3.63, 3.8) is 0 Å². The van der Waals surface area contributed by atoms with Gasteiger partial charge in [-0.15, -0.1) is 0 Å². The minimum atomic E-state index is 0.654. The zero-order chi connectivity index (χ0) is 14.8. The van der Waals surface area contributed by atoms with Gasteiger partial charge in [-0.1, -0.05) is 19.1 Å². The number of rotatable bonds is 5. The first-order valence-corrected chi connectivity index (χ1v) is 8.20. The number of benzene rings is 1. The van der Waals surface area contributed by atoms with Crippen LogP contribution in [0.1, 0.15) is 19.0 Å². The summed E-state index contributed by atoms with van der Waals surface area (Å²) < 4.78 is 1.73. The first-order valence-electron chi connectivity index (χ1n) is 7.05. The van der Waals surface area contributed by atoms with Crippen LogP contribution in [0.5, 0.6) is 0 Å². The van der Waals surface area contributed by atoms with Crippen LogP contribution >= 0.6 is 11.8 Å². The van der Waals surface area contributed by atoms with Gasteiger partial charge in [0.25, 0.3) is 0 Å². The lowest BCUT2D eigenvalue weighted by Crippen LogP contribution is -1.98.